The number of anilines is 1. The van der Waals surface area contributed by atoms with Gasteiger partial charge in [0.15, 0.2) is 5.65 Å². The number of nitrogens with one attached hydrogen (secondary N) is 1. The molecule has 0 unspecified atom stereocenters. The molecular weight excluding hydrogens is 210 g/mol. The van der Waals surface area contributed by atoms with E-state index in [0.29, 0.717) is 5.65 Å². The molecule has 3 heterocycles. The van der Waals surface area contributed by atoms with Crippen LogP contribution in [-0.4, -0.2) is 19.9 Å². The van der Waals surface area contributed by atoms with Crippen LogP contribution in [-0.2, 0) is 0 Å². The maximum absolute atomic E-state index is 5.82. The largest absolute Gasteiger partial charge is 0.390 e. The van der Waals surface area contributed by atoms with Gasteiger partial charge in [-0.3, -0.25) is 0 Å². The second-order valence-electron chi connectivity index (χ2n) is 3.04. The quantitative estimate of drug-likeness (QED) is 0.649. The molecule has 0 bridgehead atoms. The maximum atomic E-state index is 5.82. The molecule has 74 valence electrons. The van der Waals surface area contributed by atoms with Gasteiger partial charge in [0.25, 0.3) is 0 Å². The van der Waals surface area contributed by atoms with Gasteiger partial charge < -0.3 is 10.7 Å². The van der Waals surface area contributed by atoms with E-state index < -0.39 is 0 Å². The minimum atomic E-state index is 0.658. The highest BCUT2D eigenvalue weighted by Gasteiger charge is 2.09. The molecule has 0 saturated heterocycles. The highest BCUT2D eigenvalue weighted by atomic mass is 32.1. The third kappa shape index (κ3) is 1.26. The van der Waals surface area contributed by atoms with Crippen LogP contribution in [0, 0.1) is 0 Å². The van der Waals surface area contributed by atoms with Gasteiger partial charge >= 0.3 is 0 Å². The fourth-order valence-electron chi connectivity index (χ4n) is 1.41. The molecule has 0 saturated carbocycles. The minimum Gasteiger partial charge on any atom is -0.390 e. The number of aromatic amines is 1. The third-order valence-corrected chi connectivity index (χ3v) is 2.86. The maximum Gasteiger partial charge on any atom is 0.181 e. The van der Waals surface area contributed by atoms with Gasteiger partial charge in [0.1, 0.15) is 17.7 Å². The summed E-state index contributed by atoms with van der Waals surface area (Å²) in [5.41, 5.74) is 8.21. The zero-order valence-corrected chi connectivity index (χ0v) is 8.45. The van der Waals surface area contributed by atoms with E-state index >= 15 is 0 Å². The lowest BCUT2D eigenvalue weighted by molar-refractivity contribution is 1.20. The van der Waals surface area contributed by atoms with Crippen molar-refractivity contribution in [2.24, 2.45) is 0 Å². The third-order valence-electron chi connectivity index (χ3n) is 2.11. The Hall–Kier alpha value is -1.95. The zero-order valence-electron chi connectivity index (χ0n) is 7.64. The molecule has 0 radical (unpaired) electrons. The van der Waals surface area contributed by atoms with Gasteiger partial charge in [0.2, 0.25) is 0 Å². The molecule has 0 amide bonds. The van der Waals surface area contributed by atoms with Crippen LogP contribution in [0.3, 0.4) is 0 Å². The average Bonchev–Trinajstić information content (AvgIpc) is 2.82. The van der Waals surface area contributed by atoms with Crippen LogP contribution < -0.4 is 5.73 Å². The van der Waals surface area contributed by atoms with Gasteiger partial charge in [-0.05, 0) is 11.4 Å². The number of hydrogen-bond acceptors (Lipinski definition) is 5. The van der Waals surface area contributed by atoms with Gasteiger partial charge in [-0.1, -0.05) is 0 Å². The molecule has 3 rings (SSSR count). The van der Waals surface area contributed by atoms with E-state index in [-0.39, 0.29) is 0 Å². The number of nitrogens with zero attached hydrogens (tertiary/aromatic N) is 3. The van der Waals surface area contributed by atoms with Crippen molar-refractivity contribution < 1.29 is 0 Å². The second kappa shape index (κ2) is 3.03. The van der Waals surface area contributed by atoms with Crippen LogP contribution in [0.4, 0.5) is 5.00 Å². The number of rotatable bonds is 1. The summed E-state index contributed by atoms with van der Waals surface area (Å²) in [7, 11) is 0. The van der Waals surface area contributed by atoms with Gasteiger partial charge in [-0.25, -0.2) is 15.0 Å². The monoisotopic (exact) mass is 217 g/mol. The molecule has 0 aliphatic heterocycles. The second-order valence-corrected chi connectivity index (χ2v) is 3.99. The van der Waals surface area contributed by atoms with E-state index in [1.54, 1.807) is 6.20 Å². The predicted octanol–water partition coefficient (Wildman–Crippen LogP) is 1.66. The Kier molecular flexibility index (Phi) is 1.69. The number of fused-ring (bicyclic) bond motifs is 1. The Morgan fingerprint density at radius 1 is 1.40 bits per heavy atom. The number of imidazole rings is 1. The Morgan fingerprint density at radius 2 is 2.33 bits per heavy atom. The minimum absolute atomic E-state index is 0.658. The van der Waals surface area contributed by atoms with Crippen LogP contribution in [0.2, 0.25) is 0 Å². The summed E-state index contributed by atoms with van der Waals surface area (Å²) in [5, 5.41) is 2.69. The van der Waals surface area contributed by atoms with Crippen LogP contribution in [0.15, 0.2) is 24.0 Å². The molecule has 3 N–H and O–H groups in total. The number of thiophene rings is 1. The lowest BCUT2D eigenvalue weighted by Gasteiger charge is -1.91. The van der Waals surface area contributed by atoms with Crippen molar-refractivity contribution in [3.8, 4) is 11.4 Å². The summed E-state index contributed by atoms with van der Waals surface area (Å²) in [6.45, 7) is 0. The van der Waals surface area contributed by atoms with Gasteiger partial charge in [0, 0.05) is 0 Å². The number of hydrogen-bond donors (Lipinski definition) is 2. The fourth-order valence-corrected chi connectivity index (χ4v) is 2.05. The number of aromatic nitrogens is 4. The molecule has 0 fully saturated rings. The van der Waals surface area contributed by atoms with Gasteiger partial charge in [-0.2, -0.15) is 0 Å². The molecule has 3 aromatic heterocycles. The number of nitrogen functional groups attached to an aromatic ring is 1. The first kappa shape index (κ1) is 8.37. The molecule has 3 aromatic rings. The molecular formula is C9H7N5S. The molecule has 0 aromatic carbocycles. The van der Waals surface area contributed by atoms with E-state index in [1.165, 1.54) is 17.7 Å². The number of nitrogens with two attached hydrogens (primary N) is 1. The topological polar surface area (TPSA) is 80.5 Å². The van der Waals surface area contributed by atoms with E-state index in [2.05, 4.69) is 19.9 Å². The summed E-state index contributed by atoms with van der Waals surface area (Å²) in [6, 6.07) is 1.94. The summed E-state index contributed by atoms with van der Waals surface area (Å²) in [4.78, 5) is 15.4. The van der Waals surface area contributed by atoms with E-state index in [4.69, 9.17) is 5.73 Å². The summed E-state index contributed by atoms with van der Waals surface area (Å²) in [6.07, 6.45) is 3.17. The Morgan fingerprint density at radius 3 is 3.07 bits per heavy atom. The molecule has 5 nitrogen and oxygen atoms in total. The first-order valence-corrected chi connectivity index (χ1v) is 5.21. The predicted molar refractivity (Wildman–Crippen MR) is 59.4 cm³/mol. The molecule has 0 aliphatic rings. The smallest absolute Gasteiger partial charge is 0.181 e. The fraction of sp³-hybridized carbons (Fsp3) is 0. The highest BCUT2D eigenvalue weighted by molar-refractivity contribution is 7.14. The first-order valence-electron chi connectivity index (χ1n) is 4.33. The standard InChI is InChI=1S/C9H7N5S/c10-7-5(1-2-15-7)8-13-6-3-11-4-12-9(6)14-8/h1-4H,10H2,(H,11,12,13,14). The van der Waals surface area contributed by atoms with Crippen LogP contribution in [0.25, 0.3) is 22.6 Å². The van der Waals surface area contributed by atoms with Crippen molar-refractivity contribution in [2.75, 3.05) is 5.73 Å². The van der Waals surface area contributed by atoms with Gasteiger partial charge in [-0.15, -0.1) is 11.3 Å². The molecule has 0 spiro atoms. The molecule has 0 atom stereocenters. The van der Waals surface area contributed by atoms with E-state index in [0.717, 1.165) is 21.9 Å². The van der Waals surface area contributed by atoms with Crippen molar-refractivity contribution in [3.63, 3.8) is 0 Å². The summed E-state index contributed by atoms with van der Waals surface area (Å²) >= 11 is 1.49. The summed E-state index contributed by atoms with van der Waals surface area (Å²) in [5.74, 6) is 0.740. The molecule has 6 heteroatoms. The summed E-state index contributed by atoms with van der Waals surface area (Å²) < 4.78 is 0. The van der Waals surface area contributed by atoms with E-state index in [9.17, 15) is 0 Å². The van der Waals surface area contributed by atoms with Crippen molar-refractivity contribution in [2.45, 2.75) is 0 Å². The van der Waals surface area contributed by atoms with Gasteiger partial charge in [0.05, 0.1) is 16.8 Å². The SMILES string of the molecule is Nc1sccc1-c1nc2ncncc2[nH]1. The van der Waals surface area contributed by atoms with Crippen molar-refractivity contribution in [1.29, 1.82) is 0 Å². The van der Waals surface area contributed by atoms with Crippen molar-refractivity contribution >= 4 is 27.5 Å². The van der Waals surface area contributed by atoms with Crippen molar-refractivity contribution in [1.82, 2.24) is 19.9 Å². The van der Waals surface area contributed by atoms with Crippen molar-refractivity contribution in [3.05, 3.63) is 24.0 Å². The van der Waals surface area contributed by atoms with Crippen LogP contribution >= 0.6 is 11.3 Å². The first-order chi connectivity index (χ1) is 7.34. The van der Waals surface area contributed by atoms with Crippen LogP contribution in [0.5, 0.6) is 0 Å². The van der Waals surface area contributed by atoms with E-state index in [1.807, 2.05) is 11.4 Å². The lowest BCUT2D eigenvalue weighted by atomic mass is 10.3. The Bertz CT molecular complexity index is 579. The number of H-pyrrole nitrogens is 1. The lowest BCUT2D eigenvalue weighted by Crippen LogP contribution is -1.84. The normalized spacial score (nSPS) is 10.9. The van der Waals surface area contributed by atoms with Crippen LogP contribution in [0.1, 0.15) is 0 Å². The zero-order chi connectivity index (χ0) is 10.3. The highest BCUT2D eigenvalue weighted by Crippen LogP contribution is 2.29. The Labute approximate surface area is 89.0 Å². The molecule has 0 aliphatic carbocycles. The molecule has 15 heavy (non-hydrogen) atoms. The Balaban J connectivity index is 2.24. The average molecular weight is 217 g/mol.